The second-order valence-corrected chi connectivity index (χ2v) is 4.69. The van der Waals surface area contributed by atoms with Crippen LogP contribution in [0.3, 0.4) is 0 Å². The van der Waals surface area contributed by atoms with Crippen molar-refractivity contribution in [1.29, 1.82) is 0 Å². The minimum Gasteiger partial charge on any atom is -0.377 e. The lowest BCUT2D eigenvalue weighted by Gasteiger charge is -2.08. The Hall–Kier alpha value is -0.580. The lowest BCUT2D eigenvalue weighted by atomic mass is 10.3. The predicted octanol–water partition coefficient (Wildman–Crippen LogP) is 1.81. The van der Waals surface area contributed by atoms with Crippen LogP contribution in [0.5, 0.6) is 0 Å². The molecule has 0 radical (unpaired) electrons. The molecule has 82 valence electrons. The average molecular weight is 224 g/mol. The Morgan fingerprint density at radius 2 is 2.53 bits per heavy atom. The van der Waals surface area contributed by atoms with Gasteiger partial charge >= 0.3 is 0 Å². The molecule has 15 heavy (non-hydrogen) atoms. The fraction of sp³-hybridized carbons (Fsp3) is 0.545. The fourth-order valence-electron chi connectivity index (χ4n) is 1.61. The number of nitrogens with zero attached hydrogens (tertiary/aromatic N) is 1. The fourth-order valence-corrected chi connectivity index (χ4v) is 2.60. The van der Waals surface area contributed by atoms with E-state index in [2.05, 4.69) is 11.1 Å². The Bertz CT molecular complexity index is 313. The molecule has 2 heterocycles. The Labute approximate surface area is 94.4 Å². The lowest BCUT2D eigenvalue weighted by molar-refractivity contribution is 0.129. The Kier molecular flexibility index (Phi) is 4.00. The number of thioether (sulfide) groups is 1. The van der Waals surface area contributed by atoms with E-state index in [0.29, 0.717) is 12.6 Å². The van der Waals surface area contributed by atoms with E-state index < -0.39 is 0 Å². The summed E-state index contributed by atoms with van der Waals surface area (Å²) in [5.41, 5.74) is 6.71. The standard InChI is InChI=1S/C11H16N2OS/c12-7-9-3-4-13-11(6-9)15-8-10-2-1-5-14-10/h3-4,6,10H,1-2,5,7-8,12H2. The van der Waals surface area contributed by atoms with Gasteiger partial charge in [-0.3, -0.25) is 0 Å². The highest BCUT2D eigenvalue weighted by molar-refractivity contribution is 7.99. The number of rotatable bonds is 4. The molecule has 1 saturated heterocycles. The van der Waals surface area contributed by atoms with E-state index >= 15 is 0 Å². The van der Waals surface area contributed by atoms with Crippen LogP contribution in [0.4, 0.5) is 0 Å². The van der Waals surface area contributed by atoms with Crippen molar-refractivity contribution in [2.24, 2.45) is 5.73 Å². The van der Waals surface area contributed by atoms with Gasteiger partial charge in [0.15, 0.2) is 0 Å². The summed E-state index contributed by atoms with van der Waals surface area (Å²) in [6.07, 6.45) is 4.61. The highest BCUT2D eigenvalue weighted by atomic mass is 32.2. The zero-order valence-electron chi connectivity index (χ0n) is 8.69. The number of pyridine rings is 1. The minimum absolute atomic E-state index is 0.415. The number of ether oxygens (including phenoxy) is 1. The van der Waals surface area contributed by atoms with E-state index in [4.69, 9.17) is 10.5 Å². The van der Waals surface area contributed by atoms with Crippen molar-refractivity contribution in [1.82, 2.24) is 4.98 Å². The molecule has 0 aromatic carbocycles. The van der Waals surface area contributed by atoms with E-state index in [1.54, 1.807) is 11.8 Å². The van der Waals surface area contributed by atoms with Crippen molar-refractivity contribution < 1.29 is 4.74 Å². The van der Waals surface area contributed by atoms with Crippen LogP contribution in [0.1, 0.15) is 18.4 Å². The van der Waals surface area contributed by atoms with Crippen LogP contribution < -0.4 is 5.73 Å². The van der Waals surface area contributed by atoms with Gasteiger partial charge in [-0.1, -0.05) is 0 Å². The van der Waals surface area contributed by atoms with Crippen molar-refractivity contribution in [3.63, 3.8) is 0 Å². The van der Waals surface area contributed by atoms with Gasteiger partial charge in [-0.2, -0.15) is 0 Å². The summed E-state index contributed by atoms with van der Waals surface area (Å²) >= 11 is 1.76. The van der Waals surface area contributed by atoms with Gasteiger partial charge in [0.1, 0.15) is 0 Å². The zero-order chi connectivity index (χ0) is 10.5. The summed E-state index contributed by atoms with van der Waals surface area (Å²) < 4.78 is 5.56. The number of hydrogen-bond donors (Lipinski definition) is 1. The monoisotopic (exact) mass is 224 g/mol. The third kappa shape index (κ3) is 3.19. The zero-order valence-corrected chi connectivity index (χ0v) is 9.50. The largest absolute Gasteiger partial charge is 0.377 e. The molecule has 0 aliphatic carbocycles. The van der Waals surface area contributed by atoms with E-state index in [9.17, 15) is 0 Å². The molecule has 1 aliphatic heterocycles. The molecule has 1 atom stereocenters. The molecule has 0 saturated carbocycles. The van der Waals surface area contributed by atoms with Gasteiger partial charge in [0.25, 0.3) is 0 Å². The van der Waals surface area contributed by atoms with Crippen molar-refractivity contribution in [2.75, 3.05) is 12.4 Å². The quantitative estimate of drug-likeness (QED) is 0.792. The molecule has 4 heteroatoms. The lowest BCUT2D eigenvalue weighted by Crippen LogP contribution is -2.08. The first kappa shape index (κ1) is 10.9. The van der Waals surface area contributed by atoms with Gasteiger partial charge in [-0.15, -0.1) is 11.8 Å². The number of aromatic nitrogens is 1. The maximum atomic E-state index is 5.58. The second-order valence-electron chi connectivity index (χ2n) is 3.65. The van der Waals surface area contributed by atoms with Crippen LogP contribution in [-0.2, 0) is 11.3 Å². The highest BCUT2D eigenvalue weighted by Gasteiger charge is 2.15. The predicted molar refractivity (Wildman–Crippen MR) is 61.8 cm³/mol. The third-order valence-electron chi connectivity index (χ3n) is 2.48. The molecule has 0 bridgehead atoms. The molecular weight excluding hydrogens is 208 g/mol. The topological polar surface area (TPSA) is 48.1 Å². The third-order valence-corrected chi connectivity index (χ3v) is 3.53. The highest BCUT2D eigenvalue weighted by Crippen LogP contribution is 2.22. The summed E-state index contributed by atoms with van der Waals surface area (Å²) in [6, 6.07) is 4.01. The van der Waals surface area contributed by atoms with Crippen LogP contribution in [0.15, 0.2) is 23.4 Å². The smallest absolute Gasteiger partial charge is 0.0963 e. The van der Waals surface area contributed by atoms with E-state index in [-0.39, 0.29) is 0 Å². The Morgan fingerprint density at radius 3 is 3.27 bits per heavy atom. The first-order valence-corrected chi connectivity index (χ1v) is 6.26. The molecule has 0 amide bonds. The molecule has 2 N–H and O–H groups in total. The molecule has 3 nitrogen and oxygen atoms in total. The van der Waals surface area contributed by atoms with Crippen LogP contribution in [0.25, 0.3) is 0 Å². The van der Waals surface area contributed by atoms with E-state index in [1.807, 2.05) is 12.3 Å². The van der Waals surface area contributed by atoms with E-state index in [1.165, 1.54) is 12.8 Å². The molecule has 1 aliphatic rings. The average Bonchev–Trinajstić information content (AvgIpc) is 2.79. The maximum absolute atomic E-state index is 5.58. The second kappa shape index (κ2) is 5.49. The van der Waals surface area contributed by atoms with Crippen LogP contribution in [-0.4, -0.2) is 23.4 Å². The molecule has 1 aromatic rings. The summed E-state index contributed by atoms with van der Waals surface area (Å²) in [5.74, 6) is 1.00. The van der Waals surface area contributed by atoms with Gasteiger partial charge in [-0.25, -0.2) is 4.98 Å². The molecule has 1 unspecified atom stereocenters. The van der Waals surface area contributed by atoms with Crippen molar-refractivity contribution in [3.8, 4) is 0 Å². The molecule has 1 fully saturated rings. The molecule has 1 aromatic heterocycles. The summed E-state index contributed by atoms with van der Waals surface area (Å²) in [6.45, 7) is 1.50. The Morgan fingerprint density at radius 1 is 1.60 bits per heavy atom. The summed E-state index contributed by atoms with van der Waals surface area (Å²) in [7, 11) is 0. The van der Waals surface area contributed by atoms with E-state index in [0.717, 1.165) is 22.9 Å². The van der Waals surface area contributed by atoms with Crippen molar-refractivity contribution >= 4 is 11.8 Å². The van der Waals surface area contributed by atoms with Gasteiger partial charge in [0.05, 0.1) is 11.1 Å². The van der Waals surface area contributed by atoms with Gasteiger partial charge in [0, 0.05) is 25.1 Å². The van der Waals surface area contributed by atoms with Gasteiger partial charge in [-0.05, 0) is 30.5 Å². The maximum Gasteiger partial charge on any atom is 0.0963 e. The normalized spacial score (nSPS) is 20.7. The molecular formula is C11H16N2OS. The first-order chi connectivity index (χ1) is 7.38. The molecule has 0 spiro atoms. The minimum atomic E-state index is 0.415. The van der Waals surface area contributed by atoms with Gasteiger partial charge < -0.3 is 10.5 Å². The summed E-state index contributed by atoms with van der Waals surface area (Å²) in [4.78, 5) is 4.30. The Balaban J connectivity index is 1.86. The SMILES string of the molecule is NCc1ccnc(SCC2CCCO2)c1. The van der Waals surface area contributed by atoms with Crippen molar-refractivity contribution in [2.45, 2.75) is 30.5 Å². The number of nitrogens with two attached hydrogens (primary N) is 1. The first-order valence-electron chi connectivity index (χ1n) is 5.28. The van der Waals surface area contributed by atoms with Crippen LogP contribution in [0, 0.1) is 0 Å². The summed E-state index contributed by atoms with van der Waals surface area (Å²) in [5, 5.41) is 1.05. The number of hydrogen-bond acceptors (Lipinski definition) is 4. The molecule has 2 rings (SSSR count). The van der Waals surface area contributed by atoms with Crippen molar-refractivity contribution in [3.05, 3.63) is 23.9 Å². The van der Waals surface area contributed by atoms with Gasteiger partial charge in [0.2, 0.25) is 0 Å². The van der Waals surface area contributed by atoms with Crippen LogP contribution >= 0.6 is 11.8 Å². The van der Waals surface area contributed by atoms with Crippen LogP contribution in [0.2, 0.25) is 0 Å².